The van der Waals surface area contributed by atoms with Gasteiger partial charge in [0.15, 0.2) is 0 Å². The molecule has 10 aromatic carbocycles. The number of allylic oxidation sites excluding steroid dienone is 4. The van der Waals surface area contributed by atoms with Gasteiger partial charge in [-0.3, -0.25) is 0 Å². The van der Waals surface area contributed by atoms with Crippen molar-refractivity contribution < 1.29 is 5.48 Å². The van der Waals surface area contributed by atoms with Crippen molar-refractivity contribution in [2.75, 3.05) is 4.90 Å². The molecule has 0 atom stereocenters. The summed E-state index contributed by atoms with van der Waals surface area (Å²) in [5.74, 6) is 0. The van der Waals surface area contributed by atoms with Crippen LogP contribution in [0.15, 0.2) is 274 Å². The van der Waals surface area contributed by atoms with Crippen LogP contribution in [0.25, 0.3) is 67.4 Å². The molecule has 0 saturated carbocycles. The van der Waals surface area contributed by atoms with Crippen molar-refractivity contribution in [2.45, 2.75) is 5.41 Å². The van der Waals surface area contributed by atoms with E-state index in [2.05, 4.69) is 159 Å². The molecule has 11 rings (SSSR count). The molecule has 0 spiro atoms. The molecule has 0 saturated heterocycles. The predicted molar refractivity (Wildman–Crippen MR) is 291 cm³/mol. The van der Waals surface area contributed by atoms with Gasteiger partial charge in [-0.1, -0.05) is 232 Å². The van der Waals surface area contributed by atoms with Gasteiger partial charge in [0.1, 0.15) is 0 Å². The highest BCUT2D eigenvalue weighted by Crippen LogP contribution is 2.57. The van der Waals surface area contributed by atoms with E-state index in [1.165, 1.54) is 10.9 Å². The topological polar surface area (TPSA) is 3.24 Å². The van der Waals surface area contributed by atoms with E-state index in [1.54, 1.807) is 12.2 Å². The largest absolute Gasteiger partial charge is 0.310 e. The van der Waals surface area contributed by atoms with Gasteiger partial charge in [-0.15, -0.1) is 0 Å². The molecule has 1 aliphatic rings. The Bertz CT molecular complexity index is 3710. The van der Waals surface area contributed by atoms with E-state index in [1.807, 2.05) is 95.9 Å². The predicted octanol–water partition coefficient (Wildman–Crippen LogP) is 18.1. The zero-order chi connectivity index (χ0) is 49.3. The van der Waals surface area contributed by atoms with Crippen molar-refractivity contribution in [3.8, 4) is 44.5 Å². The van der Waals surface area contributed by atoms with Crippen LogP contribution in [0.3, 0.4) is 0 Å². The zero-order valence-corrected chi connectivity index (χ0v) is 37.5. The molecule has 0 unspecified atom stereocenters. The number of rotatable bonds is 12. The van der Waals surface area contributed by atoms with Crippen molar-refractivity contribution in [2.24, 2.45) is 0 Å². The Morgan fingerprint density at radius 1 is 0.368 bits per heavy atom. The second kappa shape index (κ2) is 18.2. The van der Waals surface area contributed by atoms with Crippen LogP contribution >= 0.6 is 0 Å². The SMILES string of the molecule is [2H]c1c([2H])c(N(c2ccc(-c3ccc4ccccc4c3)cc2)c2ccc3c(c2)C(c2ccccc2)(c2ccccc2)c2ccccc2-3)c([2H])c([2H])c1-c1cccc(-c2ccc(/C=C\C=C)c(/C=C\C=C)c2)c1. The van der Waals surface area contributed by atoms with E-state index in [9.17, 15) is 5.48 Å². The van der Waals surface area contributed by atoms with Crippen LogP contribution in [0.4, 0.5) is 17.1 Å². The minimum atomic E-state index is -0.703. The molecule has 0 bridgehead atoms. The average molecular weight is 872 g/mol. The van der Waals surface area contributed by atoms with Crippen LogP contribution in [0, 0.1) is 0 Å². The lowest BCUT2D eigenvalue weighted by atomic mass is 9.67. The van der Waals surface area contributed by atoms with Crippen molar-refractivity contribution in [1.82, 2.24) is 0 Å². The van der Waals surface area contributed by atoms with Gasteiger partial charge >= 0.3 is 0 Å². The number of fused-ring (bicyclic) bond motifs is 4. The van der Waals surface area contributed by atoms with Crippen LogP contribution in [-0.2, 0) is 5.41 Å². The molecule has 1 aliphatic carbocycles. The number of hydrogen-bond acceptors (Lipinski definition) is 1. The molecule has 1 heteroatoms. The van der Waals surface area contributed by atoms with Crippen molar-refractivity contribution in [1.29, 1.82) is 0 Å². The van der Waals surface area contributed by atoms with E-state index in [-0.39, 0.29) is 35.4 Å². The smallest absolute Gasteiger partial charge is 0.0714 e. The zero-order valence-electron chi connectivity index (χ0n) is 41.5. The van der Waals surface area contributed by atoms with Gasteiger partial charge in [-0.2, -0.15) is 0 Å². The molecule has 0 amide bonds. The Morgan fingerprint density at radius 3 is 1.65 bits per heavy atom. The van der Waals surface area contributed by atoms with Crippen LogP contribution in [-0.4, -0.2) is 0 Å². The van der Waals surface area contributed by atoms with Gasteiger partial charge in [0.05, 0.1) is 10.9 Å². The average Bonchev–Trinajstić information content (AvgIpc) is 3.73. The minimum absolute atomic E-state index is 0.128. The fourth-order valence-electron chi connectivity index (χ4n) is 9.96. The van der Waals surface area contributed by atoms with Crippen LogP contribution in [0.2, 0.25) is 0 Å². The summed E-state index contributed by atoms with van der Waals surface area (Å²) in [4.78, 5) is 1.91. The summed E-state index contributed by atoms with van der Waals surface area (Å²) in [6.45, 7) is 7.69. The van der Waals surface area contributed by atoms with Crippen molar-refractivity contribution in [3.63, 3.8) is 0 Å². The Kier molecular flexibility index (Phi) is 10.0. The van der Waals surface area contributed by atoms with Crippen LogP contribution in [0.5, 0.6) is 0 Å². The maximum atomic E-state index is 9.94. The lowest BCUT2D eigenvalue weighted by Crippen LogP contribution is -2.28. The summed E-state index contributed by atoms with van der Waals surface area (Å²) >= 11 is 0. The van der Waals surface area contributed by atoms with E-state index < -0.39 is 5.41 Å². The van der Waals surface area contributed by atoms with Gasteiger partial charge in [0.25, 0.3) is 0 Å². The Morgan fingerprint density at radius 2 is 0.926 bits per heavy atom. The highest BCUT2D eigenvalue weighted by Gasteiger charge is 2.46. The molecule has 0 heterocycles. The molecule has 0 N–H and O–H groups in total. The number of benzene rings is 10. The summed E-state index contributed by atoms with van der Waals surface area (Å²) in [5, 5.41) is 2.31. The summed E-state index contributed by atoms with van der Waals surface area (Å²) in [5.41, 5.74) is 14.3. The summed E-state index contributed by atoms with van der Waals surface area (Å²) in [7, 11) is 0. The Hall–Kier alpha value is -8.78. The first-order valence-corrected chi connectivity index (χ1v) is 23.0. The molecule has 0 aliphatic heterocycles. The number of hydrogen-bond donors (Lipinski definition) is 0. The monoisotopic (exact) mass is 871 g/mol. The first kappa shape index (κ1) is 37.4. The van der Waals surface area contributed by atoms with E-state index in [0.29, 0.717) is 16.9 Å². The summed E-state index contributed by atoms with van der Waals surface area (Å²) in [6.07, 6.45) is 11.3. The third-order valence-corrected chi connectivity index (χ3v) is 13.1. The molecule has 322 valence electrons. The van der Waals surface area contributed by atoms with Crippen molar-refractivity contribution >= 4 is 40.0 Å². The normalized spacial score (nSPS) is 13.4. The van der Waals surface area contributed by atoms with E-state index >= 15 is 0 Å². The molecule has 0 aromatic heterocycles. The van der Waals surface area contributed by atoms with Crippen LogP contribution in [0.1, 0.15) is 38.9 Å². The molecule has 0 radical (unpaired) electrons. The summed E-state index contributed by atoms with van der Waals surface area (Å²) in [6, 6.07) is 72.6. The Balaban J connectivity index is 1.10. The van der Waals surface area contributed by atoms with Gasteiger partial charge in [0.2, 0.25) is 0 Å². The van der Waals surface area contributed by atoms with E-state index in [4.69, 9.17) is 0 Å². The van der Waals surface area contributed by atoms with Gasteiger partial charge < -0.3 is 4.90 Å². The Labute approximate surface area is 405 Å². The quantitative estimate of drug-likeness (QED) is 0.111. The number of anilines is 3. The second-order valence-electron chi connectivity index (χ2n) is 17.0. The molecule has 68 heavy (non-hydrogen) atoms. The highest BCUT2D eigenvalue weighted by molar-refractivity contribution is 5.91. The molecule has 1 nitrogen and oxygen atoms in total. The number of nitrogens with zero attached hydrogens (tertiary/aromatic N) is 1. The fraction of sp³-hybridized carbons (Fsp3) is 0.0149. The molecular weight excluding hydrogens is 819 g/mol. The molecule has 10 aromatic rings. The summed E-state index contributed by atoms with van der Waals surface area (Å²) < 4.78 is 39.4. The van der Waals surface area contributed by atoms with Gasteiger partial charge in [0, 0.05) is 17.1 Å². The standard InChI is InChI=1S/C67H49N/c1-3-5-18-48-31-33-57(46-52(48)19-6-4-2)55-23-17-22-54(44-55)50-34-38-60(39-35-50)68(61-40-36-51(37-41-61)56-32-30-49-20-13-14-21-53(49)45-56)62-42-43-64-63-28-15-16-29-65(63)67(66(64)47-62,58-24-9-7-10-25-58)59-26-11-8-12-27-59/h3-47H,1-2H2/b18-5-,19-6-/i34D,35D,38D,39D. The molecular formula is C67H49N. The van der Waals surface area contributed by atoms with Crippen LogP contribution < -0.4 is 4.90 Å². The lowest BCUT2D eigenvalue weighted by Gasteiger charge is -2.35. The van der Waals surface area contributed by atoms with Gasteiger partial charge in [-0.05, 0) is 143 Å². The third kappa shape index (κ3) is 7.60. The van der Waals surface area contributed by atoms with Crippen molar-refractivity contribution in [3.05, 3.63) is 307 Å². The fourth-order valence-corrected chi connectivity index (χ4v) is 9.96. The maximum absolute atomic E-state index is 9.94. The highest BCUT2D eigenvalue weighted by atomic mass is 15.1. The second-order valence-corrected chi connectivity index (χ2v) is 17.0. The first-order chi connectivity index (χ1) is 35.3. The third-order valence-electron chi connectivity index (χ3n) is 13.1. The first-order valence-electron chi connectivity index (χ1n) is 25.0. The van der Waals surface area contributed by atoms with E-state index in [0.717, 1.165) is 66.6 Å². The maximum Gasteiger partial charge on any atom is 0.0714 e. The van der Waals surface area contributed by atoms with Gasteiger partial charge in [-0.25, -0.2) is 0 Å². The molecule has 0 fully saturated rings. The minimum Gasteiger partial charge on any atom is -0.310 e. The lowest BCUT2D eigenvalue weighted by molar-refractivity contribution is 0.768.